The third kappa shape index (κ3) is 5.32. The second-order valence-electron chi connectivity index (χ2n) is 5.95. The fourth-order valence-electron chi connectivity index (χ4n) is 2.38. The number of rotatable bonds is 9. The minimum atomic E-state index is -1.02. The Morgan fingerprint density at radius 1 is 1.35 bits per heavy atom. The van der Waals surface area contributed by atoms with Gasteiger partial charge >= 0.3 is 5.97 Å². The van der Waals surface area contributed by atoms with Gasteiger partial charge in [0.1, 0.15) is 12.4 Å². The largest absolute Gasteiger partial charge is 0.497 e. The summed E-state index contributed by atoms with van der Waals surface area (Å²) in [6.45, 7) is 3.78. The number of aromatic nitrogens is 2. The number of hydrogen-bond donors (Lipinski definition) is 2. The van der Waals surface area contributed by atoms with Crippen LogP contribution in [0, 0.1) is 6.92 Å². The van der Waals surface area contributed by atoms with Gasteiger partial charge < -0.3 is 19.9 Å². The van der Waals surface area contributed by atoms with Crippen molar-refractivity contribution < 1.29 is 19.4 Å². The number of carbonyl (C=O) groups is 1. The Bertz CT molecular complexity index is 801. The van der Waals surface area contributed by atoms with Gasteiger partial charge in [0, 0.05) is 11.6 Å². The molecule has 140 valence electrons. The molecular formula is C18H23N3O5. The highest BCUT2D eigenvalue weighted by atomic mass is 16.5. The Kier molecular flexibility index (Phi) is 6.74. The lowest BCUT2D eigenvalue weighted by atomic mass is 10.2. The third-order valence-electron chi connectivity index (χ3n) is 3.77. The number of nitrogens with one attached hydrogen (secondary N) is 1. The van der Waals surface area contributed by atoms with Gasteiger partial charge in [-0.1, -0.05) is 12.1 Å². The van der Waals surface area contributed by atoms with Gasteiger partial charge in [0.25, 0.3) is 5.56 Å². The van der Waals surface area contributed by atoms with Crippen LogP contribution in [-0.2, 0) is 16.1 Å². The zero-order chi connectivity index (χ0) is 19.1. The maximum Gasteiger partial charge on any atom is 0.329 e. The van der Waals surface area contributed by atoms with Crippen molar-refractivity contribution in [1.82, 2.24) is 9.78 Å². The molecule has 0 amide bonds. The fourth-order valence-corrected chi connectivity index (χ4v) is 2.38. The first kappa shape index (κ1) is 19.5. The van der Waals surface area contributed by atoms with Crippen LogP contribution >= 0.6 is 0 Å². The van der Waals surface area contributed by atoms with Crippen LogP contribution < -0.4 is 15.6 Å². The third-order valence-corrected chi connectivity index (χ3v) is 3.77. The first-order valence-corrected chi connectivity index (χ1v) is 8.16. The summed E-state index contributed by atoms with van der Waals surface area (Å²) in [5, 5.41) is 15.9. The Labute approximate surface area is 151 Å². The highest BCUT2D eigenvalue weighted by molar-refractivity contribution is 5.68. The summed E-state index contributed by atoms with van der Waals surface area (Å²) >= 11 is 0. The van der Waals surface area contributed by atoms with Crippen LogP contribution in [0.1, 0.15) is 18.1 Å². The average molecular weight is 361 g/mol. The van der Waals surface area contributed by atoms with Gasteiger partial charge in [-0.2, -0.15) is 5.10 Å². The molecule has 8 nitrogen and oxygen atoms in total. The van der Waals surface area contributed by atoms with Crippen molar-refractivity contribution in [2.24, 2.45) is 0 Å². The van der Waals surface area contributed by atoms with Crippen molar-refractivity contribution in [3.8, 4) is 5.75 Å². The number of aliphatic carboxylic acids is 1. The summed E-state index contributed by atoms with van der Waals surface area (Å²) in [5.41, 5.74) is 1.89. The summed E-state index contributed by atoms with van der Waals surface area (Å²) in [6, 6.07) is 7.28. The maximum atomic E-state index is 12.5. The van der Waals surface area contributed by atoms with E-state index >= 15 is 0 Å². The number of carboxylic acids is 1. The van der Waals surface area contributed by atoms with Crippen molar-refractivity contribution in [3.63, 3.8) is 0 Å². The first-order valence-electron chi connectivity index (χ1n) is 8.16. The van der Waals surface area contributed by atoms with Crippen molar-refractivity contribution in [2.45, 2.75) is 26.4 Å². The molecule has 0 spiro atoms. The standard InChI is InChI=1S/C18H23N3O5/c1-12(10-26-11-17(22)23)20-16-8-19-21(18(24)13(16)2)9-14-4-6-15(25-3)7-5-14/h4-8,12,20H,9-11H2,1-3H3,(H,22,23)/t12-/m0/s1. The number of carboxylic acid groups (broad SMARTS) is 1. The van der Waals surface area contributed by atoms with Crippen LogP contribution in [0.15, 0.2) is 35.3 Å². The minimum Gasteiger partial charge on any atom is -0.497 e. The van der Waals surface area contributed by atoms with Crippen molar-refractivity contribution in [2.75, 3.05) is 25.6 Å². The molecule has 0 bridgehead atoms. The van der Waals surface area contributed by atoms with Gasteiger partial charge in [0.05, 0.1) is 32.1 Å². The predicted molar refractivity (Wildman–Crippen MR) is 96.9 cm³/mol. The molecule has 0 fully saturated rings. The maximum absolute atomic E-state index is 12.5. The van der Waals surface area contributed by atoms with E-state index in [1.807, 2.05) is 31.2 Å². The van der Waals surface area contributed by atoms with Crippen LogP contribution in [0.2, 0.25) is 0 Å². The number of nitrogens with zero attached hydrogens (tertiary/aromatic N) is 2. The van der Waals surface area contributed by atoms with E-state index in [1.54, 1.807) is 20.2 Å². The van der Waals surface area contributed by atoms with Crippen LogP contribution in [0.4, 0.5) is 5.69 Å². The quantitative estimate of drug-likeness (QED) is 0.698. The summed E-state index contributed by atoms with van der Waals surface area (Å²) in [5.74, 6) is -0.264. The Hall–Kier alpha value is -2.87. The van der Waals surface area contributed by atoms with Crippen LogP contribution in [-0.4, -0.2) is 47.2 Å². The first-order chi connectivity index (χ1) is 12.4. The lowest BCUT2D eigenvalue weighted by Crippen LogP contribution is -2.29. The van der Waals surface area contributed by atoms with E-state index in [0.29, 0.717) is 17.8 Å². The van der Waals surface area contributed by atoms with Gasteiger partial charge in [-0.25, -0.2) is 9.48 Å². The van der Waals surface area contributed by atoms with E-state index in [9.17, 15) is 9.59 Å². The Balaban J connectivity index is 2.04. The molecule has 0 saturated carbocycles. The molecule has 1 aromatic carbocycles. The van der Waals surface area contributed by atoms with Crippen molar-refractivity contribution in [1.29, 1.82) is 0 Å². The molecule has 1 atom stereocenters. The second kappa shape index (κ2) is 9.00. The number of hydrogen-bond acceptors (Lipinski definition) is 6. The molecule has 0 aliphatic heterocycles. The summed E-state index contributed by atoms with van der Waals surface area (Å²) in [4.78, 5) is 23.0. The van der Waals surface area contributed by atoms with Gasteiger partial charge in [0.15, 0.2) is 0 Å². The topological polar surface area (TPSA) is 103 Å². The van der Waals surface area contributed by atoms with Gasteiger partial charge in [-0.15, -0.1) is 0 Å². The monoisotopic (exact) mass is 361 g/mol. The van der Waals surface area contributed by atoms with Gasteiger partial charge in [-0.3, -0.25) is 4.79 Å². The summed E-state index contributed by atoms with van der Waals surface area (Å²) in [6.07, 6.45) is 1.59. The van der Waals surface area contributed by atoms with E-state index in [2.05, 4.69) is 10.4 Å². The normalized spacial score (nSPS) is 11.8. The number of methoxy groups -OCH3 is 1. The Morgan fingerprint density at radius 3 is 2.65 bits per heavy atom. The molecule has 8 heteroatoms. The Morgan fingerprint density at radius 2 is 2.04 bits per heavy atom. The van der Waals surface area contributed by atoms with Crippen LogP contribution in [0.3, 0.4) is 0 Å². The van der Waals surface area contributed by atoms with E-state index in [4.69, 9.17) is 14.6 Å². The molecule has 0 unspecified atom stereocenters. The van der Waals surface area contributed by atoms with Crippen LogP contribution in [0.25, 0.3) is 0 Å². The highest BCUT2D eigenvalue weighted by Crippen LogP contribution is 2.13. The molecule has 1 heterocycles. The van der Waals surface area contributed by atoms with E-state index in [0.717, 1.165) is 11.3 Å². The van der Waals surface area contributed by atoms with Crippen molar-refractivity contribution >= 4 is 11.7 Å². The molecule has 26 heavy (non-hydrogen) atoms. The lowest BCUT2D eigenvalue weighted by molar-refractivity contribution is -0.142. The van der Waals surface area contributed by atoms with Gasteiger partial charge in [0.2, 0.25) is 0 Å². The van der Waals surface area contributed by atoms with E-state index < -0.39 is 5.97 Å². The fraction of sp³-hybridized carbons (Fsp3) is 0.389. The van der Waals surface area contributed by atoms with Crippen LogP contribution in [0.5, 0.6) is 5.75 Å². The van der Waals surface area contributed by atoms with E-state index in [1.165, 1.54) is 4.68 Å². The minimum absolute atomic E-state index is 0.160. The predicted octanol–water partition coefficient (Wildman–Crippen LogP) is 1.51. The lowest BCUT2D eigenvalue weighted by Gasteiger charge is -2.17. The zero-order valence-corrected chi connectivity index (χ0v) is 15.1. The number of benzene rings is 1. The zero-order valence-electron chi connectivity index (χ0n) is 15.1. The molecule has 0 radical (unpaired) electrons. The second-order valence-corrected chi connectivity index (χ2v) is 5.95. The van der Waals surface area contributed by atoms with Gasteiger partial charge in [-0.05, 0) is 31.5 Å². The molecule has 0 aliphatic carbocycles. The highest BCUT2D eigenvalue weighted by Gasteiger charge is 2.11. The molecule has 0 aliphatic rings. The molecule has 2 aromatic rings. The van der Waals surface area contributed by atoms with E-state index in [-0.39, 0.29) is 24.8 Å². The molecule has 0 saturated heterocycles. The summed E-state index contributed by atoms with van der Waals surface area (Å²) < 4.78 is 11.6. The SMILES string of the molecule is COc1ccc(Cn2ncc(N[C@@H](C)COCC(=O)O)c(C)c2=O)cc1. The van der Waals surface area contributed by atoms with Crippen molar-refractivity contribution in [3.05, 3.63) is 51.9 Å². The molecule has 1 aromatic heterocycles. The smallest absolute Gasteiger partial charge is 0.329 e. The number of anilines is 1. The molecular weight excluding hydrogens is 338 g/mol. The number of ether oxygens (including phenoxy) is 2. The average Bonchev–Trinajstić information content (AvgIpc) is 2.61. The molecule has 2 N–H and O–H groups in total. The summed E-state index contributed by atoms with van der Waals surface area (Å²) in [7, 11) is 1.60. The molecule has 2 rings (SSSR count).